The van der Waals surface area contributed by atoms with Gasteiger partial charge in [0.2, 0.25) is 0 Å². The van der Waals surface area contributed by atoms with Crippen molar-refractivity contribution in [3.8, 4) is 44.5 Å². The largest absolute Gasteiger partial charge is 0.0619 e. The van der Waals surface area contributed by atoms with Gasteiger partial charge in [0.05, 0.1) is 0 Å². The van der Waals surface area contributed by atoms with Crippen LogP contribution in [0.3, 0.4) is 0 Å². The summed E-state index contributed by atoms with van der Waals surface area (Å²) in [5.74, 6) is 0. The van der Waals surface area contributed by atoms with Crippen molar-refractivity contribution >= 4 is 43.1 Å². The summed E-state index contributed by atoms with van der Waals surface area (Å²) >= 11 is 0. The number of hydrogen-bond donors (Lipinski definition) is 0. The summed E-state index contributed by atoms with van der Waals surface area (Å²) < 4.78 is 0. The van der Waals surface area contributed by atoms with Crippen molar-refractivity contribution in [2.24, 2.45) is 0 Å². The topological polar surface area (TPSA) is 0 Å². The average Bonchev–Trinajstić information content (AvgIpc) is 3.39. The van der Waals surface area contributed by atoms with Gasteiger partial charge in [-0.2, -0.15) is 0 Å². The molecular formula is C49H34. The van der Waals surface area contributed by atoms with Crippen molar-refractivity contribution < 1.29 is 0 Å². The number of benzene rings is 9. The molecule has 1 aliphatic rings. The maximum Gasteiger partial charge on any atom is 0.0159 e. The van der Waals surface area contributed by atoms with Crippen LogP contribution in [-0.2, 0) is 5.41 Å². The van der Waals surface area contributed by atoms with Gasteiger partial charge in [0.1, 0.15) is 0 Å². The molecule has 0 N–H and O–H groups in total. The van der Waals surface area contributed by atoms with E-state index in [9.17, 15) is 0 Å². The van der Waals surface area contributed by atoms with Gasteiger partial charge in [0.15, 0.2) is 0 Å². The third-order valence-corrected chi connectivity index (χ3v) is 11.0. The minimum Gasteiger partial charge on any atom is -0.0619 e. The zero-order valence-electron chi connectivity index (χ0n) is 27.7. The highest BCUT2D eigenvalue weighted by molar-refractivity contribution is 6.24. The van der Waals surface area contributed by atoms with E-state index in [1.807, 2.05) is 0 Å². The Bertz CT molecular complexity index is 2740. The van der Waals surface area contributed by atoms with Crippen LogP contribution in [0.1, 0.15) is 25.0 Å². The SMILES string of the molecule is CC1(C)c2ccccc2-c2c1ccc1c(-c3c4ccccc4c(-c4cccc(-c5ccc6ccccc6c5)c4)c4ccccc34)cccc21. The van der Waals surface area contributed by atoms with Gasteiger partial charge in [-0.25, -0.2) is 0 Å². The standard InChI is InChI=1S/C49H34/c1-49(2)44-24-10-9-21-43(44)48-38-23-12-22-37(36(38)27-28-45(48)49)47-41-19-7-5-17-39(41)46(40-18-6-8-20-42(40)47)35-16-11-15-33(30-35)34-26-25-31-13-3-4-14-32(31)29-34/h3-30H,1-2H3. The molecule has 0 saturated heterocycles. The summed E-state index contributed by atoms with van der Waals surface area (Å²) in [6.07, 6.45) is 0. The molecule has 9 aromatic carbocycles. The lowest BCUT2D eigenvalue weighted by Gasteiger charge is -2.22. The molecule has 0 heteroatoms. The smallest absolute Gasteiger partial charge is 0.0159 e. The second kappa shape index (κ2) is 10.5. The Morgan fingerprint density at radius 3 is 1.63 bits per heavy atom. The molecule has 230 valence electrons. The van der Waals surface area contributed by atoms with E-state index in [1.54, 1.807) is 0 Å². The molecule has 0 saturated carbocycles. The molecule has 0 aromatic heterocycles. The molecule has 0 aliphatic heterocycles. The molecule has 1 aliphatic carbocycles. The Balaban J connectivity index is 1.23. The van der Waals surface area contributed by atoms with Gasteiger partial charge in [0, 0.05) is 5.41 Å². The second-order valence-electron chi connectivity index (χ2n) is 14.0. The lowest BCUT2D eigenvalue weighted by molar-refractivity contribution is 0.661. The van der Waals surface area contributed by atoms with Crippen LogP contribution in [0, 0.1) is 0 Å². The number of rotatable bonds is 3. The first kappa shape index (κ1) is 28.1. The molecule has 49 heavy (non-hydrogen) atoms. The van der Waals surface area contributed by atoms with Gasteiger partial charge in [-0.05, 0) is 111 Å². The Hall–Kier alpha value is -5.98. The Labute approximate surface area is 286 Å². The van der Waals surface area contributed by atoms with Gasteiger partial charge in [-0.1, -0.05) is 172 Å². The zero-order chi connectivity index (χ0) is 32.7. The lowest BCUT2D eigenvalue weighted by Crippen LogP contribution is -2.14. The predicted molar refractivity (Wildman–Crippen MR) is 210 cm³/mol. The molecule has 10 rings (SSSR count). The van der Waals surface area contributed by atoms with Crippen LogP contribution in [0.2, 0.25) is 0 Å². The number of fused-ring (bicyclic) bond motifs is 8. The van der Waals surface area contributed by atoms with Crippen LogP contribution in [0.15, 0.2) is 170 Å². The van der Waals surface area contributed by atoms with E-state index in [0.29, 0.717) is 0 Å². The fourth-order valence-electron chi connectivity index (χ4n) is 8.73. The first-order valence-electron chi connectivity index (χ1n) is 17.3. The first-order chi connectivity index (χ1) is 24.1. The van der Waals surface area contributed by atoms with Crippen LogP contribution in [0.25, 0.3) is 87.6 Å². The van der Waals surface area contributed by atoms with Gasteiger partial charge in [-0.3, -0.25) is 0 Å². The molecule has 0 radical (unpaired) electrons. The third kappa shape index (κ3) is 4.11. The van der Waals surface area contributed by atoms with E-state index < -0.39 is 0 Å². The molecule has 0 spiro atoms. The van der Waals surface area contributed by atoms with E-state index in [0.717, 1.165) is 0 Å². The second-order valence-corrected chi connectivity index (χ2v) is 14.0. The normalized spacial score (nSPS) is 13.3. The Morgan fingerprint density at radius 1 is 0.306 bits per heavy atom. The highest BCUT2D eigenvalue weighted by Gasteiger charge is 2.36. The molecule has 0 nitrogen and oxygen atoms in total. The maximum absolute atomic E-state index is 2.39. The minimum atomic E-state index is -0.0292. The summed E-state index contributed by atoms with van der Waals surface area (Å²) in [5, 5.41) is 10.3. The van der Waals surface area contributed by atoms with Crippen molar-refractivity contribution in [2.45, 2.75) is 19.3 Å². The van der Waals surface area contributed by atoms with Crippen molar-refractivity contribution in [1.29, 1.82) is 0 Å². The lowest BCUT2D eigenvalue weighted by atomic mass is 9.81. The number of hydrogen-bond acceptors (Lipinski definition) is 0. The molecular weight excluding hydrogens is 589 g/mol. The van der Waals surface area contributed by atoms with Crippen molar-refractivity contribution in [3.63, 3.8) is 0 Å². The predicted octanol–water partition coefficient (Wildman–Crippen LogP) is 13.6. The van der Waals surface area contributed by atoms with Gasteiger partial charge in [0.25, 0.3) is 0 Å². The molecule has 0 atom stereocenters. The van der Waals surface area contributed by atoms with E-state index in [1.165, 1.54) is 98.7 Å². The van der Waals surface area contributed by atoms with Crippen LogP contribution in [0.5, 0.6) is 0 Å². The monoisotopic (exact) mass is 622 g/mol. The fraction of sp³-hybridized carbons (Fsp3) is 0.0612. The summed E-state index contributed by atoms with van der Waals surface area (Å²) in [7, 11) is 0. The average molecular weight is 623 g/mol. The van der Waals surface area contributed by atoms with Crippen molar-refractivity contribution in [3.05, 3.63) is 181 Å². The summed E-state index contributed by atoms with van der Waals surface area (Å²) in [6, 6.07) is 63.1. The quantitative estimate of drug-likeness (QED) is 0.172. The van der Waals surface area contributed by atoms with Crippen LogP contribution >= 0.6 is 0 Å². The zero-order valence-corrected chi connectivity index (χ0v) is 27.7. The Kier molecular flexibility index (Phi) is 6.02. The summed E-state index contributed by atoms with van der Waals surface area (Å²) in [5.41, 5.74) is 13.1. The molecule has 0 unspecified atom stereocenters. The fourth-order valence-corrected chi connectivity index (χ4v) is 8.73. The molecule has 9 aromatic rings. The summed E-state index contributed by atoms with van der Waals surface area (Å²) in [4.78, 5) is 0. The van der Waals surface area contributed by atoms with E-state index >= 15 is 0 Å². The van der Waals surface area contributed by atoms with E-state index in [4.69, 9.17) is 0 Å². The van der Waals surface area contributed by atoms with E-state index in [-0.39, 0.29) is 5.41 Å². The minimum absolute atomic E-state index is 0.0292. The van der Waals surface area contributed by atoms with Gasteiger partial charge >= 0.3 is 0 Å². The van der Waals surface area contributed by atoms with Crippen LogP contribution in [-0.4, -0.2) is 0 Å². The van der Waals surface area contributed by atoms with Crippen molar-refractivity contribution in [1.82, 2.24) is 0 Å². The summed E-state index contributed by atoms with van der Waals surface area (Å²) in [6.45, 7) is 4.73. The van der Waals surface area contributed by atoms with Gasteiger partial charge in [-0.15, -0.1) is 0 Å². The van der Waals surface area contributed by atoms with E-state index in [2.05, 4.69) is 184 Å². The highest BCUT2D eigenvalue weighted by atomic mass is 14.4. The van der Waals surface area contributed by atoms with Crippen LogP contribution < -0.4 is 0 Å². The molecule has 0 fully saturated rings. The third-order valence-electron chi connectivity index (χ3n) is 11.0. The van der Waals surface area contributed by atoms with Gasteiger partial charge < -0.3 is 0 Å². The Morgan fingerprint density at radius 2 is 0.857 bits per heavy atom. The first-order valence-corrected chi connectivity index (χ1v) is 17.3. The molecule has 0 bridgehead atoms. The van der Waals surface area contributed by atoms with Crippen LogP contribution in [0.4, 0.5) is 0 Å². The maximum atomic E-state index is 2.39. The molecule has 0 amide bonds. The van der Waals surface area contributed by atoms with Crippen molar-refractivity contribution in [2.75, 3.05) is 0 Å². The molecule has 0 heterocycles. The highest BCUT2D eigenvalue weighted by Crippen LogP contribution is 2.53.